The van der Waals surface area contributed by atoms with Crippen LogP contribution >= 0.6 is 34.8 Å². The van der Waals surface area contributed by atoms with E-state index in [1.807, 2.05) is 52.2 Å². The number of fused-ring (bicyclic) bond motifs is 2. The summed E-state index contributed by atoms with van der Waals surface area (Å²) in [5.41, 5.74) is 16.8. The Labute approximate surface area is 380 Å². The highest BCUT2D eigenvalue weighted by Gasteiger charge is 2.23. The van der Waals surface area contributed by atoms with Crippen molar-refractivity contribution in [1.82, 2.24) is 39.9 Å². The number of nitrogens with zero attached hydrogens (tertiary/aromatic N) is 10. The van der Waals surface area contributed by atoms with Crippen LogP contribution in [0.4, 0.5) is 33.1 Å². The molecule has 0 saturated heterocycles. The van der Waals surface area contributed by atoms with Crippen molar-refractivity contribution in [2.75, 3.05) is 47.2 Å². The monoisotopic (exact) mass is 912 g/mol. The molecule has 0 bridgehead atoms. The number of ether oxygens (including phenoxy) is 2. The first kappa shape index (κ1) is 46.3. The molecule has 2 aliphatic heterocycles. The minimum absolute atomic E-state index is 0.249. The van der Waals surface area contributed by atoms with Gasteiger partial charge in [-0.25, -0.2) is 39.5 Å². The van der Waals surface area contributed by atoms with Gasteiger partial charge in [-0.2, -0.15) is 0 Å². The Morgan fingerprint density at radius 1 is 0.667 bits per heavy atom. The lowest BCUT2D eigenvalue weighted by atomic mass is 10.0. The van der Waals surface area contributed by atoms with Gasteiger partial charge in [-0.15, -0.1) is 0 Å². The molecular weight excluding hydrogens is 867 g/mol. The maximum Gasteiger partial charge on any atom is 0.414 e. The number of pyridine rings is 4. The molecule has 1 amide bonds. The molecule has 0 unspecified atom stereocenters. The van der Waals surface area contributed by atoms with Gasteiger partial charge in [-0.1, -0.05) is 35.3 Å². The van der Waals surface area contributed by atoms with Crippen molar-refractivity contribution >= 4 is 69.9 Å². The summed E-state index contributed by atoms with van der Waals surface area (Å²) in [4.78, 5) is 60.9. The van der Waals surface area contributed by atoms with Crippen LogP contribution in [0.3, 0.4) is 0 Å². The fraction of sp³-hybridized carbons (Fsp3) is 0.318. The number of nitrogens with two attached hydrogens (primary N) is 1. The molecule has 8 heterocycles. The topological polar surface area (TPSA) is 200 Å². The fourth-order valence-corrected chi connectivity index (χ4v) is 7.52. The summed E-state index contributed by atoms with van der Waals surface area (Å²) in [7, 11) is 0. The smallest absolute Gasteiger partial charge is 0.414 e. The third-order valence-corrected chi connectivity index (χ3v) is 10.6. The standard InChI is InChI=1S/C22H23ClN6O2.C19H19ClN6.C3H5ClO2/c1-4-31-22(30)28-21-26-10-15-12-29(6-5-18(15)27-21)19-8-16(17(23)11-24-19)20-14(3)7-13(2)9-25-20;1-11-5-12(2)18(23-7-11)14-6-17(22-9-15(14)20)26-4-3-16-13(10-26)8-24-19(21)25-16;1-2-6-3(4)5/h7-11H,4-6,12H2,1-3H3,(H,26,27,28,30);5-9H,3-4,10H2,1-2H3,(H2,21,24,25);2H2,1H3. The van der Waals surface area contributed by atoms with Crippen LogP contribution in [0.15, 0.2) is 61.4 Å². The maximum absolute atomic E-state index is 11.6. The molecule has 8 rings (SSSR count). The number of amides is 1. The molecule has 328 valence electrons. The largest absolute Gasteiger partial charge is 0.454 e. The molecule has 6 aromatic heterocycles. The van der Waals surface area contributed by atoms with Crippen LogP contribution in [-0.2, 0) is 35.4 Å². The summed E-state index contributed by atoms with van der Waals surface area (Å²) in [5.74, 6) is 2.26. The number of carbonyl (C=O) groups is 2. The summed E-state index contributed by atoms with van der Waals surface area (Å²) in [6.45, 7) is 15.1. The highest BCUT2D eigenvalue weighted by Crippen LogP contribution is 2.34. The number of hydrogen-bond acceptors (Lipinski definition) is 15. The van der Waals surface area contributed by atoms with Crippen LogP contribution in [0.5, 0.6) is 0 Å². The van der Waals surface area contributed by atoms with Crippen molar-refractivity contribution in [2.45, 2.75) is 67.5 Å². The van der Waals surface area contributed by atoms with Crippen LogP contribution in [0, 0.1) is 27.7 Å². The third-order valence-electron chi connectivity index (χ3n) is 9.90. The average Bonchev–Trinajstić information content (AvgIpc) is 3.24. The summed E-state index contributed by atoms with van der Waals surface area (Å²) < 4.78 is 9.04. The number of rotatable bonds is 7. The second-order valence-electron chi connectivity index (χ2n) is 14.6. The fourth-order valence-electron chi connectivity index (χ4n) is 7.03. The van der Waals surface area contributed by atoms with Crippen LogP contribution in [-0.4, -0.2) is 77.7 Å². The first-order valence-electron chi connectivity index (χ1n) is 20.1. The van der Waals surface area contributed by atoms with Gasteiger partial charge in [0.1, 0.15) is 11.6 Å². The van der Waals surface area contributed by atoms with Gasteiger partial charge >= 0.3 is 11.5 Å². The molecule has 0 saturated carbocycles. The Balaban J connectivity index is 0.000000188. The van der Waals surface area contributed by atoms with E-state index in [1.54, 1.807) is 38.6 Å². The van der Waals surface area contributed by atoms with Gasteiger partial charge in [0.25, 0.3) is 0 Å². The first-order chi connectivity index (χ1) is 30.2. The highest BCUT2D eigenvalue weighted by molar-refractivity contribution is 6.61. The third kappa shape index (κ3) is 12.0. The Kier molecular flexibility index (Phi) is 15.6. The summed E-state index contributed by atoms with van der Waals surface area (Å²) in [6, 6.07) is 8.19. The van der Waals surface area contributed by atoms with Crippen molar-refractivity contribution in [1.29, 1.82) is 0 Å². The zero-order chi connectivity index (χ0) is 45.2. The van der Waals surface area contributed by atoms with Crippen LogP contribution < -0.4 is 20.9 Å². The van der Waals surface area contributed by atoms with Gasteiger partial charge in [0.05, 0.1) is 46.0 Å². The molecule has 0 atom stereocenters. The minimum Gasteiger partial charge on any atom is -0.454 e. The van der Waals surface area contributed by atoms with E-state index in [9.17, 15) is 9.59 Å². The molecule has 16 nitrogen and oxygen atoms in total. The van der Waals surface area contributed by atoms with Gasteiger partial charge in [-0.05, 0) is 75.9 Å². The van der Waals surface area contributed by atoms with Crippen LogP contribution in [0.1, 0.15) is 58.6 Å². The lowest BCUT2D eigenvalue weighted by molar-refractivity contribution is 0.167. The van der Waals surface area contributed by atoms with E-state index in [-0.39, 0.29) is 5.95 Å². The van der Waals surface area contributed by atoms with Crippen molar-refractivity contribution in [3.8, 4) is 22.5 Å². The molecule has 19 heteroatoms. The van der Waals surface area contributed by atoms with Gasteiger partial charge in [0.2, 0.25) is 11.9 Å². The SMILES string of the molecule is CCOC(=O)Cl.CCOC(=O)Nc1ncc2c(n1)CCN(c1cc(-c3ncc(C)cc3C)c(Cl)cn1)C2.Cc1cnc(-c2cc(N3CCc4nc(N)ncc4C3)ncc2Cl)c(C)c1. The van der Waals surface area contributed by atoms with E-state index in [0.717, 1.165) is 98.4 Å². The molecule has 0 fully saturated rings. The zero-order valence-corrected chi connectivity index (χ0v) is 38.0. The molecule has 2 aliphatic rings. The molecule has 63 heavy (non-hydrogen) atoms. The Morgan fingerprint density at radius 2 is 1.16 bits per heavy atom. The van der Waals surface area contributed by atoms with E-state index in [2.05, 4.69) is 71.9 Å². The Morgan fingerprint density at radius 3 is 1.62 bits per heavy atom. The second kappa shape index (κ2) is 21.2. The molecule has 0 aromatic carbocycles. The number of nitrogen functional groups attached to an aromatic ring is 1. The Bertz CT molecular complexity index is 2620. The van der Waals surface area contributed by atoms with E-state index < -0.39 is 11.5 Å². The zero-order valence-electron chi connectivity index (χ0n) is 35.7. The van der Waals surface area contributed by atoms with E-state index in [0.29, 0.717) is 48.7 Å². The molecule has 3 N–H and O–H groups in total. The molecule has 6 aromatic rings. The maximum atomic E-state index is 11.6. The van der Waals surface area contributed by atoms with E-state index >= 15 is 0 Å². The normalized spacial score (nSPS) is 12.7. The minimum atomic E-state index is -0.738. The number of carbonyl (C=O) groups excluding carboxylic acids is 2. The Hall–Kier alpha value is -6.23. The quantitative estimate of drug-likeness (QED) is 0.144. The average molecular weight is 914 g/mol. The van der Waals surface area contributed by atoms with Gasteiger partial charge in [0, 0.05) is 110 Å². The summed E-state index contributed by atoms with van der Waals surface area (Å²) in [6.07, 6.45) is 11.6. The summed E-state index contributed by atoms with van der Waals surface area (Å²) in [5, 5.41) is 3.71. The number of hydrogen-bond donors (Lipinski definition) is 2. The highest BCUT2D eigenvalue weighted by atomic mass is 35.5. The van der Waals surface area contributed by atoms with Gasteiger partial charge < -0.3 is 25.0 Å². The van der Waals surface area contributed by atoms with E-state index in [1.165, 1.54) is 0 Å². The van der Waals surface area contributed by atoms with Crippen molar-refractivity contribution in [2.24, 2.45) is 0 Å². The number of anilines is 4. The molecule has 0 spiro atoms. The van der Waals surface area contributed by atoms with Crippen molar-refractivity contribution < 1.29 is 19.1 Å². The predicted octanol–water partition coefficient (Wildman–Crippen LogP) is 9.07. The number of nitrogens with one attached hydrogen (secondary N) is 1. The molecular formula is C44H47Cl3N12O4. The number of halogens is 3. The van der Waals surface area contributed by atoms with Gasteiger partial charge in [0.15, 0.2) is 0 Å². The molecule has 0 aliphatic carbocycles. The van der Waals surface area contributed by atoms with E-state index in [4.69, 9.17) is 45.3 Å². The van der Waals surface area contributed by atoms with Crippen molar-refractivity contribution in [3.05, 3.63) is 116 Å². The summed E-state index contributed by atoms with van der Waals surface area (Å²) >= 11 is 17.6. The van der Waals surface area contributed by atoms with Gasteiger partial charge in [-0.3, -0.25) is 15.3 Å². The van der Waals surface area contributed by atoms with Crippen LogP contribution in [0.2, 0.25) is 10.0 Å². The lowest BCUT2D eigenvalue weighted by Gasteiger charge is -2.29. The number of aromatic nitrogens is 8. The predicted molar refractivity (Wildman–Crippen MR) is 245 cm³/mol. The van der Waals surface area contributed by atoms with Crippen molar-refractivity contribution in [3.63, 3.8) is 0 Å². The first-order valence-corrected chi connectivity index (χ1v) is 21.3. The second-order valence-corrected chi connectivity index (χ2v) is 15.7. The lowest BCUT2D eigenvalue weighted by Crippen LogP contribution is -2.32. The number of aryl methyl sites for hydroxylation is 4. The van der Waals surface area contributed by atoms with Crippen LogP contribution in [0.25, 0.3) is 22.5 Å². The molecule has 0 radical (unpaired) electrons.